The minimum atomic E-state index is -0.587. The summed E-state index contributed by atoms with van der Waals surface area (Å²) in [6, 6.07) is 7.88. The van der Waals surface area contributed by atoms with Crippen molar-refractivity contribution in [2.45, 2.75) is 45.1 Å². The lowest BCUT2D eigenvalue weighted by Crippen LogP contribution is -2.50. The van der Waals surface area contributed by atoms with Crippen LogP contribution in [0.1, 0.15) is 20.8 Å². The molecule has 0 aromatic heterocycles. The molecule has 4 heteroatoms. The maximum atomic E-state index is 10.2. The van der Waals surface area contributed by atoms with E-state index in [1.807, 2.05) is 45.0 Å². The average Bonchev–Trinajstić information content (AvgIpc) is 2.35. The van der Waals surface area contributed by atoms with Crippen LogP contribution in [0.5, 0.6) is 11.5 Å². The summed E-state index contributed by atoms with van der Waals surface area (Å²) in [5.41, 5.74) is 0. The summed E-state index contributed by atoms with van der Waals surface area (Å²) in [4.78, 5) is 0. The van der Waals surface area contributed by atoms with E-state index in [1.54, 1.807) is 0 Å². The second-order valence-electron chi connectivity index (χ2n) is 4.98. The van der Waals surface area contributed by atoms with E-state index in [4.69, 9.17) is 9.47 Å². The normalized spacial score (nSPS) is 24.1. The lowest BCUT2D eigenvalue weighted by atomic mass is 10.1. The Morgan fingerprint density at radius 2 is 1.83 bits per heavy atom. The molecule has 100 valence electrons. The fourth-order valence-electron chi connectivity index (χ4n) is 2.02. The van der Waals surface area contributed by atoms with Gasteiger partial charge >= 0.3 is 0 Å². The zero-order chi connectivity index (χ0) is 13.1. The largest absolute Gasteiger partial charge is 0.483 e. The molecule has 2 rings (SSSR count). The van der Waals surface area contributed by atoms with E-state index in [0.717, 1.165) is 5.75 Å². The molecule has 1 aliphatic rings. The highest BCUT2D eigenvalue weighted by molar-refractivity contribution is 5.41. The van der Waals surface area contributed by atoms with Crippen LogP contribution in [0, 0.1) is 0 Å². The summed E-state index contributed by atoms with van der Waals surface area (Å²) >= 11 is 0. The van der Waals surface area contributed by atoms with Crippen molar-refractivity contribution < 1.29 is 14.6 Å². The minimum absolute atomic E-state index is 0.163. The molecule has 1 aromatic carbocycles. The Morgan fingerprint density at radius 1 is 1.22 bits per heavy atom. The van der Waals surface area contributed by atoms with Gasteiger partial charge in [0.2, 0.25) is 0 Å². The number of aliphatic hydroxyl groups excluding tert-OH is 1. The zero-order valence-corrected chi connectivity index (χ0v) is 11.1. The number of nitrogens with one attached hydrogen (secondary N) is 1. The summed E-state index contributed by atoms with van der Waals surface area (Å²) < 4.78 is 11.6. The molecule has 0 aliphatic carbocycles. The fraction of sp³-hybridized carbons (Fsp3) is 0.571. The Labute approximate surface area is 108 Å². The third-order valence-electron chi connectivity index (χ3n) is 3.00. The molecule has 1 aromatic rings. The van der Waals surface area contributed by atoms with Crippen LogP contribution in [0.25, 0.3) is 0 Å². The summed E-state index contributed by atoms with van der Waals surface area (Å²) in [7, 11) is 0. The highest BCUT2D eigenvalue weighted by Gasteiger charge is 2.33. The number of hydrogen-bond acceptors (Lipinski definition) is 4. The van der Waals surface area contributed by atoms with Crippen molar-refractivity contribution in [3.63, 3.8) is 0 Å². The Bertz CT molecular complexity index is 394. The molecule has 0 amide bonds. The highest BCUT2D eigenvalue weighted by atomic mass is 16.6. The van der Waals surface area contributed by atoms with Crippen LogP contribution < -0.4 is 14.8 Å². The topological polar surface area (TPSA) is 50.7 Å². The number of fused-ring (bicyclic) bond motifs is 1. The van der Waals surface area contributed by atoms with E-state index >= 15 is 0 Å². The van der Waals surface area contributed by atoms with Gasteiger partial charge in [0.1, 0.15) is 12.2 Å². The fourth-order valence-corrected chi connectivity index (χ4v) is 2.02. The first-order valence-electron chi connectivity index (χ1n) is 6.41. The lowest BCUT2D eigenvalue weighted by Gasteiger charge is -2.35. The second kappa shape index (κ2) is 5.59. The van der Waals surface area contributed by atoms with E-state index in [0.29, 0.717) is 18.3 Å². The minimum Gasteiger partial charge on any atom is -0.483 e. The van der Waals surface area contributed by atoms with Gasteiger partial charge in [0.25, 0.3) is 0 Å². The monoisotopic (exact) mass is 251 g/mol. The SMILES string of the molecule is CC(C)NC[C@H](O)[C@H]1Oc2ccccc2O[C@H]1C. The summed E-state index contributed by atoms with van der Waals surface area (Å²) in [6.07, 6.45) is -1.09. The number of para-hydroxylation sites is 2. The number of benzene rings is 1. The molecule has 2 N–H and O–H groups in total. The Balaban J connectivity index is 2.02. The van der Waals surface area contributed by atoms with Gasteiger partial charge in [-0.15, -0.1) is 0 Å². The van der Waals surface area contributed by atoms with Crippen molar-refractivity contribution in [3.05, 3.63) is 24.3 Å². The van der Waals surface area contributed by atoms with Crippen LogP contribution in [0.2, 0.25) is 0 Å². The van der Waals surface area contributed by atoms with Gasteiger partial charge in [-0.3, -0.25) is 0 Å². The van der Waals surface area contributed by atoms with Crippen molar-refractivity contribution in [2.75, 3.05) is 6.54 Å². The van der Waals surface area contributed by atoms with Crippen LogP contribution in [0.15, 0.2) is 24.3 Å². The van der Waals surface area contributed by atoms with E-state index in [2.05, 4.69) is 5.32 Å². The van der Waals surface area contributed by atoms with Gasteiger partial charge in [0, 0.05) is 12.6 Å². The lowest BCUT2D eigenvalue weighted by molar-refractivity contribution is -0.0464. The van der Waals surface area contributed by atoms with Gasteiger partial charge in [-0.2, -0.15) is 0 Å². The van der Waals surface area contributed by atoms with Gasteiger partial charge in [-0.05, 0) is 19.1 Å². The Hall–Kier alpha value is -1.26. The molecule has 1 aliphatic heterocycles. The number of hydrogen-bond donors (Lipinski definition) is 2. The third kappa shape index (κ3) is 2.94. The van der Waals surface area contributed by atoms with E-state index in [1.165, 1.54) is 0 Å². The van der Waals surface area contributed by atoms with Crippen molar-refractivity contribution in [1.29, 1.82) is 0 Å². The predicted octanol–water partition coefficient (Wildman–Crippen LogP) is 1.57. The predicted molar refractivity (Wildman–Crippen MR) is 70.1 cm³/mol. The van der Waals surface area contributed by atoms with Crippen molar-refractivity contribution in [1.82, 2.24) is 5.32 Å². The molecule has 0 fully saturated rings. The standard InChI is InChI=1S/C14H21NO3/c1-9(2)15-8-11(16)14-10(3)17-12-6-4-5-7-13(12)18-14/h4-7,9-11,14-16H,8H2,1-3H3/t10-,11-,14-/m0/s1. The third-order valence-corrected chi connectivity index (χ3v) is 3.00. The average molecular weight is 251 g/mol. The summed E-state index contributed by atoms with van der Waals surface area (Å²) in [5.74, 6) is 1.44. The number of rotatable bonds is 4. The molecule has 0 spiro atoms. The molecule has 4 nitrogen and oxygen atoms in total. The Kier molecular flexibility index (Phi) is 4.09. The molecular formula is C14H21NO3. The highest BCUT2D eigenvalue weighted by Crippen LogP contribution is 2.34. The quantitative estimate of drug-likeness (QED) is 0.853. The van der Waals surface area contributed by atoms with Crippen LogP contribution in [-0.4, -0.2) is 36.0 Å². The van der Waals surface area contributed by atoms with Crippen molar-refractivity contribution in [3.8, 4) is 11.5 Å². The molecule has 0 radical (unpaired) electrons. The molecular weight excluding hydrogens is 230 g/mol. The first-order chi connectivity index (χ1) is 8.58. The molecule has 0 unspecified atom stereocenters. The van der Waals surface area contributed by atoms with Gasteiger partial charge in [0.15, 0.2) is 17.6 Å². The maximum absolute atomic E-state index is 10.2. The zero-order valence-electron chi connectivity index (χ0n) is 11.1. The van der Waals surface area contributed by atoms with E-state index in [9.17, 15) is 5.11 Å². The molecule has 18 heavy (non-hydrogen) atoms. The molecule has 1 heterocycles. The first-order valence-corrected chi connectivity index (χ1v) is 6.41. The number of ether oxygens (including phenoxy) is 2. The van der Waals surface area contributed by atoms with Crippen molar-refractivity contribution >= 4 is 0 Å². The van der Waals surface area contributed by atoms with E-state index < -0.39 is 6.10 Å². The molecule has 0 saturated carbocycles. The smallest absolute Gasteiger partial charge is 0.162 e. The van der Waals surface area contributed by atoms with Crippen LogP contribution in [-0.2, 0) is 0 Å². The van der Waals surface area contributed by atoms with Gasteiger partial charge in [-0.25, -0.2) is 0 Å². The van der Waals surface area contributed by atoms with E-state index in [-0.39, 0.29) is 12.2 Å². The maximum Gasteiger partial charge on any atom is 0.162 e. The van der Waals surface area contributed by atoms with Crippen LogP contribution >= 0.6 is 0 Å². The van der Waals surface area contributed by atoms with Crippen molar-refractivity contribution in [2.24, 2.45) is 0 Å². The van der Waals surface area contributed by atoms with Gasteiger partial charge < -0.3 is 19.9 Å². The molecule has 0 saturated heterocycles. The first kappa shape index (κ1) is 13.2. The number of aliphatic hydroxyl groups is 1. The summed E-state index contributed by atoms with van der Waals surface area (Å²) in [6.45, 7) is 6.50. The van der Waals surface area contributed by atoms with Gasteiger partial charge in [0.05, 0.1) is 0 Å². The van der Waals surface area contributed by atoms with Crippen LogP contribution in [0.4, 0.5) is 0 Å². The molecule has 0 bridgehead atoms. The Morgan fingerprint density at radius 3 is 2.44 bits per heavy atom. The second-order valence-corrected chi connectivity index (χ2v) is 4.98. The summed E-state index contributed by atoms with van der Waals surface area (Å²) in [5, 5.41) is 13.4. The molecule has 3 atom stereocenters. The van der Waals surface area contributed by atoms with Crippen LogP contribution in [0.3, 0.4) is 0 Å². The van der Waals surface area contributed by atoms with Gasteiger partial charge in [-0.1, -0.05) is 26.0 Å².